The maximum atomic E-state index is 12.6. The van der Waals surface area contributed by atoms with Gasteiger partial charge < -0.3 is 10.6 Å². The molecule has 0 aromatic heterocycles. The van der Waals surface area contributed by atoms with Crippen molar-refractivity contribution in [3.05, 3.63) is 0 Å². The van der Waals surface area contributed by atoms with E-state index < -0.39 is 5.41 Å². The van der Waals surface area contributed by atoms with Crippen LogP contribution in [-0.4, -0.2) is 28.9 Å². The Hall–Kier alpha value is -0.640. The van der Waals surface area contributed by atoms with Crippen molar-refractivity contribution in [1.29, 1.82) is 0 Å². The van der Waals surface area contributed by atoms with E-state index in [-0.39, 0.29) is 11.9 Å². The summed E-state index contributed by atoms with van der Waals surface area (Å²) in [6.07, 6.45) is 3.31. The maximum Gasteiger partial charge on any atom is 0.235 e. The number of thiocarbonyl (C=S) groups is 1. The third kappa shape index (κ3) is 3.66. The molecule has 0 aromatic rings. The van der Waals surface area contributed by atoms with Gasteiger partial charge in [0.1, 0.15) is 0 Å². The molecule has 1 amide bonds. The average molecular weight is 258 g/mol. The number of rotatable bonds is 7. The first-order chi connectivity index (χ1) is 7.83. The minimum atomic E-state index is -0.641. The van der Waals surface area contributed by atoms with E-state index in [2.05, 4.69) is 13.8 Å². The van der Waals surface area contributed by atoms with Crippen LogP contribution in [0.3, 0.4) is 0 Å². The molecular formula is C13H26N2OS. The average Bonchev–Trinajstić information content (AvgIpc) is 2.26. The second kappa shape index (κ2) is 6.94. The molecule has 0 heterocycles. The highest BCUT2D eigenvalue weighted by Crippen LogP contribution is 2.33. The molecule has 0 fully saturated rings. The van der Waals surface area contributed by atoms with E-state index in [0.29, 0.717) is 4.99 Å². The second-order valence-electron chi connectivity index (χ2n) is 4.96. The highest BCUT2D eigenvalue weighted by Gasteiger charge is 2.42. The lowest BCUT2D eigenvalue weighted by Gasteiger charge is -2.36. The quantitative estimate of drug-likeness (QED) is 0.714. The van der Waals surface area contributed by atoms with Crippen molar-refractivity contribution in [2.75, 3.05) is 7.05 Å². The predicted octanol–water partition coefficient (Wildman–Crippen LogP) is 2.73. The van der Waals surface area contributed by atoms with Crippen molar-refractivity contribution in [3.63, 3.8) is 0 Å². The zero-order valence-corrected chi connectivity index (χ0v) is 12.6. The van der Waals surface area contributed by atoms with Gasteiger partial charge in [0.05, 0.1) is 10.4 Å². The van der Waals surface area contributed by atoms with Gasteiger partial charge in [-0.25, -0.2) is 0 Å². The predicted molar refractivity (Wildman–Crippen MR) is 76.9 cm³/mol. The van der Waals surface area contributed by atoms with Gasteiger partial charge in [0.15, 0.2) is 0 Å². The Kier molecular flexibility index (Phi) is 6.68. The molecule has 0 aliphatic carbocycles. The van der Waals surface area contributed by atoms with Gasteiger partial charge in [0, 0.05) is 13.1 Å². The van der Waals surface area contributed by atoms with E-state index in [4.69, 9.17) is 18.0 Å². The normalized spacial score (nSPS) is 11.6. The summed E-state index contributed by atoms with van der Waals surface area (Å²) in [5, 5.41) is 0. The maximum absolute atomic E-state index is 12.6. The summed E-state index contributed by atoms with van der Waals surface area (Å²) < 4.78 is 0. The molecule has 100 valence electrons. The van der Waals surface area contributed by atoms with Crippen LogP contribution in [-0.2, 0) is 4.79 Å². The second-order valence-corrected chi connectivity index (χ2v) is 5.40. The topological polar surface area (TPSA) is 46.3 Å². The van der Waals surface area contributed by atoms with E-state index in [0.717, 1.165) is 25.7 Å². The molecule has 0 aliphatic rings. The summed E-state index contributed by atoms with van der Waals surface area (Å²) >= 11 is 5.17. The fourth-order valence-corrected chi connectivity index (χ4v) is 2.41. The molecule has 0 unspecified atom stereocenters. The van der Waals surface area contributed by atoms with Crippen LogP contribution >= 0.6 is 12.2 Å². The molecule has 2 N–H and O–H groups in total. The Morgan fingerprint density at radius 3 is 1.94 bits per heavy atom. The van der Waals surface area contributed by atoms with Gasteiger partial charge >= 0.3 is 0 Å². The van der Waals surface area contributed by atoms with Crippen LogP contribution in [0.1, 0.15) is 53.4 Å². The molecule has 0 aromatic carbocycles. The van der Waals surface area contributed by atoms with Gasteiger partial charge in [-0.1, -0.05) is 38.9 Å². The fraction of sp³-hybridized carbons (Fsp3) is 0.846. The molecule has 0 saturated carbocycles. The SMILES string of the molecule is CCCC(CCC)(C(=O)N(C)C(C)C)C(N)=S. The molecule has 17 heavy (non-hydrogen) atoms. The summed E-state index contributed by atoms with van der Waals surface area (Å²) in [7, 11) is 1.82. The van der Waals surface area contributed by atoms with Crippen molar-refractivity contribution in [2.24, 2.45) is 11.1 Å². The molecule has 0 aliphatic heterocycles. The minimum absolute atomic E-state index is 0.0729. The first-order valence-electron chi connectivity index (χ1n) is 6.40. The number of hydrogen-bond donors (Lipinski definition) is 1. The summed E-state index contributed by atoms with van der Waals surface area (Å²) in [5.41, 5.74) is 5.23. The standard InChI is InChI=1S/C13H26N2OS/c1-6-8-13(9-7-2,11(14)17)12(16)15(5)10(3)4/h10H,6-9H2,1-5H3,(H2,14,17). The Morgan fingerprint density at radius 2 is 1.71 bits per heavy atom. The lowest BCUT2D eigenvalue weighted by Crippen LogP contribution is -2.51. The zero-order valence-electron chi connectivity index (χ0n) is 11.7. The molecule has 0 bridgehead atoms. The highest BCUT2D eigenvalue weighted by atomic mass is 32.1. The van der Waals surface area contributed by atoms with Crippen LogP contribution < -0.4 is 5.73 Å². The third-order valence-corrected chi connectivity index (χ3v) is 3.72. The number of carbonyl (C=O) groups excluding carboxylic acids is 1. The number of nitrogens with zero attached hydrogens (tertiary/aromatic N) is 1. The van der Waals surface area contributed by atoms with Gasteiger partial charge in [-0.15, -0.1) is 0 Å². The molecule has 0 atom stereocenters. The van der Waals surface area contributed by atoms with Crippen molar-refractivity contribution in [3.8, 4) is 0 Å². The molecule has 0 spiro atoms. The van der Waals surface area contributed by atoms with Crippen LogP contribution in [0.4, 0.5) is 0 Å². The van der Waals surface area contributed by atoms with Crippen molar-refractivity contribution < 1.29 is 4.79 Å². The molecule has 4 heteroatoms. The number of hydrogen-bond acceptors (Lipinski definition) is 2. The molecule has 0 saturated heterocycles. The van der Waals surface area contributed by atoms with Gasteiger partial charge in [-0.3, -0.25) is 4.79 Å². The van der Waals surface area contributed by atoms with E-state index in [9.17, 15) is 4.79 Å². The summed E-state index contributed by atoms with van der Waals surface area (Å²) in [5.74, 6) is 0.0729. The minimum Gasteiger partial charge on any atom is -0.392 e. The van der Waals surface area contributed by atoms with Crippen molar-refractivity contribution >= 4 is 23.1 Å². The van der Waals surface area contributed by atoms with E-state index in [1.165, 1.54) is 0 Å². The summed E-state index contributed by atoms with van der Waals surface area (Å²) in [6.45, 7) is 8.12. The lowest BCUT2D eigenvalue weighted by molar-refractivity contribution is -0.139. The van der Waals surface area contributed by atoms with Crippen LogP contribution in [0.25, 0.3) is 0 Å². The highest BCUT2D eigenvalue weighted by molar-refractivity contribution is 7.80. The van der Waals surface area contributed by atoms with Crippen LogP contribution in [0, 0.1) is 5.41 Å². The third-order valence-electron chi connectivity index (χ3n) is 3.33. The van der Waals surface area contributed by atoms with Gasteiger partial charge in [-0.05, 0) is 26.7 Å². The smallest absolute Gasteiger partial charge is 0.235 e. The Morgan fingerprint density at radius 1 is 1.29 bits per heavy atom. The largest absolute Gasteiger partial charge is 0.392 e. The monoisotopic (exact) mass is 258 g/mol. The Balaban J connectivity index is 5.26. The molecule has 0 radical (unpaired) electrons. The van der Waals surface area contributed by atoms with Crippen molar-refractivity contribution in [1.82, 2.24) is 4.90 Å². The summed E-state index contributed by atoms with van der Waals surface area (Å²) in [4.78, 5) is 14.7. The number of nitrogens with two attached hydrogens (primary N) is 1. The molecular weight excluding hydrogens is 232 g/mol. The van der Waals surface area contributed by atoms with Crippen molar-refractivity contribution in [2.45, 2.75) is 59.4 Å². The Labute approximate surface area is 111 Å². The zero-order chi connectivity index (χ0) is 13.6. The van der Waals surface area contributed by atoms with E-state index in [1.807, 2.05) is 20.9 Å². The van der Waals surface area contributed by atoms with Crippen LogP contribution in [0.2, 0.25) is 0 Å². The van der Waals surface area contributed by atoms with Gasteiger partial charge in [0.2, 0.25) is 5.91 Å². The lowest BCUT2D eigenvalue weighted by atomic mass is 9.77. The number of amides is 1. The van der Waals surface area contributed by atoms with Gasteiger partial charge in [-0.2, -0.15) is 0 Å². The Bertz CT molecular complexity index is 271. The summed E-state index contributed by atoms with van der Waals surface area (Å²) in [6, 6.07) is 0.171. The van der Waals surface area contributed by atoms with E-state index >= 15 is 0 Å². The molecule has 3 nitrogen and oxygen atoms in total. The van der Waals surface area contributed by atoms with Crippen LogP contribution in [0.15, 0.2) is 0 Å². The fourth-order valence-electron chi connectivity index (χ4n) is 2.12. The number of carbonyl (C=O) groups is 1. The van der Waals surface area contributed by atoms with E-state index in [1.54, 1.807) is 4.90 Å². The van der Waals surface area contributed by atoms with Gasteiger partial charge in [0.25, 0.3) is 0 Å². The van der Waals surface area contributed by atoms with Crippen LogP contribution in [0.5, 0.6) is 0 Å². The molecule has 0 rings (SSSR count). The first-order valence-corrected chi connectivity index (χ1v) is 6.81. The first kappa shape index (κ1) is 16.4.